The lowest BCUT2D eigenvalue weighted by Crippen LogP contribution is -2.43. The summed E-state index contributed by atoms with van der Waals surface area (Å²) in [4.78, 5) is 11.2. The van der Waals surface area contributed by atoms with Crippen molar-refractivity contribution < 1.29 is 9.15 Å². The van der Waals surface area contributed by atoms with Crippen LogP contribution < -0.4 is 15.4 Å². The number of aliphatic imine (C=N–C) groups is 1. The van der Waals surface area contributed by atoms with Crippen molar-refractivity contribution in [2.24, 2.45) is 10.9 Å². The van der Waals surface area contributed by atoms with E-state index in [9.17, 15) is 0 Å². The lowest BCUT2D eigenvalue weighted by molar-refractivity contribution is 0.164. The number of ether oxygens (including phenoxy) is 1. The summed E-state index contributed by atoms with van der Waals surface area (Å²) in [6, 6.07) is 8.11. The molecule has 164 valence electrons. The van der Waals surface area contributed by atoms with Crippen LogP contribution in [0.4, 0.5) is 0 Å². The number of nitrogens with zero attached hydrogens (tertiary/aromatic N) is 3. The standard InChI is InChI=1S/C23H35N5O2/c1-17-5-7-21(8-6-17)29-14-11-25-23(24-4)26-15-20-9-12-28(13-10-20)16-22-27-18(2)19(3)30-22/h5-8,20H,9-16H2,1-4H3,(H2,24,25,26). The molecule has 0 unspecified atom stereocenters. The van der Waals surface area contributed by atoms with Gasteiger partial charge in [0.15, 0.2) is 5.96 Å². The normalized spacial score (nSPS) is 15.9. The van der Waals surface area contributed by atoms with Gasteiger partial charge in [0.25, 0.3) is 0 Å². The van der Waals surface area contributed by atoms with E-state index in [0.717, 1.165) is 55.2 Å². The quantitative estimate of drug-likeness (QED) is 0.394. The Labute approximate surface area is 179 Å². The van der Waals surface area contributed by atoms with Crippen molar-refractivity contribution in [1.82, 2.24) is 20.5 Å². The highest BCUT2D eigenvalue weighted by Crippen LogP contribution is 2.19. The molecule has 0 aliphatic carbocycles. The number of likely N-dealkylation sites (tertiary alicyclic amines) is 1. The van der Waals surface area contributed by atoms with Crippen molar-refractivity contribution in [1.29, 1.82) is 0 Å². The molecular formula is C23H35N5O2. The monoisotopic (exact) mass is 413 g/mol. The van der Waals surface area contributed by atoms with Gasteiger partial charge in [-0.2, -0.15) is 0 Å². The Morgan fingerprint density at radius 2 is 1.90 bits per heavy atom. The van der Waals surface area contributed by atoms with Gasteiger partial charge in [-0.25, -0.2) is 4.98 Å². The predicted octanol–water partition coefficient (Wildman–Crippen LogP) is 3.06. The van der Waals surface area contributed by atoms with Crippen LogP contribution in [0.25, 0.3) is 0 Å². The lowest BCUT2D eigenvalue weighted by atomic mass is 9.97. The highest BCUT2D eigenvalue weighted by atomic mass is 16.5. The molecule has 0 amide bonds. The minimum atomic E-state index is 0.599. The van der Waals surface area contributed by atoms with Gasteiger partial charge in [0, 0.05) is 13.6 Å². The first-order chi connectivity index (χ1) is 14.5. The van der Waals surface area contributed by atoms with E-state index >= 15 is 0 Å². The number of guanidine groups is 1. The maximum Gasteiger partial charge on any atom is 0.208 e. The zero-order valence-electron chi connectivity index (χ0n) is 18.7. The summed E-state index contributed by atoms with van der Waals surface area (Å²) in [5.74, 6) is 4.13. The van der Waals surface area contributed by atoms with Gasteiger partial charge in [-0.3, -0.25) is 9.89 Å². The van der Waals surface area contributed by atoms with E-state index in [0.29, 0.717) is 19.1 Å². The Kier molecular flexibility index (Phi) is 8.13. The first kappa shape index (κ1) is 22.2. The van der Waals surface area contributed by atoms with Gasteiger partial charge < -0.3 is 19.8 Å². The second-order valence-electron chi connectivity index (χ2n) is 8.01. The number of benzene rings is 1. The number of aromatic nitrogens is 1. The minimum absolute atomic E-state index is 0.599. The van der Waals surface area contributed by atoms with Crippen LogP contribution in [0, 0.1) is 26.7 Å². The molecule has 0 radical (unpaired) electrons. The summed E-state index contributed by atoms with van der Waals surface area (Å²) in [6.07, 6.45) is 2.33. The summed E-state index contributed by atoms with van der Waals surface area (Å²) in [7, 11) is 1.80. The topological polar surface area (TPSA) is 74.9 Å². The van der Waals surface area contributed by atoms with E-state index in [-0.39, 0.29) is 0 Å². The molecule has 1 saturated heterocycles. The summed E-state index contributed by atoms with van der Waals surface area (Å²) in [5.41, 5.74) is 2.23. The fraction of sp³-hybridized carbons (Fsp3) is 0.565. The molecule has 2 N–H and O–H groups in total. The number of aryl methyl sites for hydroxylation is 3. The highest BCUT2D eigenvalue weighted by Gasteiger charge is 2.21. The second-order valence-corrected chi connectivity index (χ2v) is 8.01. The van der Waals surface area contributed by atoms with Gasteiger partial charge in [0.1, 0.15) is 18.1 Å². The van der Waals surface area contributed by atoms with E-state index < -0.39 is 0 Å². The van der Waals surface area contributed by atoms with Crippen LogP contribution in [0.2, 0.25) is 0 Å². The summed E-state index contributed by atoms with van der Waals surface area (Å²) in [5, 5.41) is 6.78. The first-order valence-corrected chi connectivity index (χ1v) is 10.8. The molecule has 30 heavy (non-hydrogen) atoms. The van der Waals surface area contributed by atoms with E-state index in [2.05, 4.69) is 44.6 Å². The third-order valence-electron chi connectivity index (χ3n) is 5.60. The molecule has 0 atom stereocenters. The maximum absolute atomic E-state index is 5.76. The molecule has 1 aromatic carbocycles. The fourth-order valence-corrected chi connectivity index (χ4v) is 3.58. The molecule has 1 aliphatic rings. The van der Waals surface area contributed by atoms with Crippen LogP contribution in [0.5, 0.6) is 5.75 Å². The summed E-state index contributed by atoms with van der Waals surface area (Å²) in [6.45, 7) is 11.2. The Bertz CT molecular complexity index is 788. The number of oxazole rings is 1. The van der Waals surface area contributed by atoms with Crippen molar-refractivity contribution in [3.63, 3.8) is 0 Å². The Morgan fingerprint density at radius 1 is 1.17 bits per heavy atom. The van der Waals surface area contributed by atoms with Crippen molar-refractivity contribution in [3.05, 3.63) is 47.2 Å². The van der Waals surface area contributed by atoms with E-state index in [1.54, 1.807) is 7.05 Å². The van der Waals surface area contributed by atoms with Crippen molar-refractivity contribution >= 4 is 5.96 Å². The number of hydrogen-bond donors (Lipinski definition) is 2. The van der Waals surface area contributed by atoms with Crippen molar-refractivity contribution in [2.45, 2.75) is 40.2 Å². The number of hydrogen-bond acceptors (Lipinski definition) is 5. The summed E-state index contributed by atoms with van der Waals surface area (Å²) >= 11 is 0. The van der Waals surface area contributed by atoms with Gasteiger partial charge in [0.2, 0.25) is 5.89 Å². The van der Waals surface area contributed by atoms with Crippen LogP contribution in [0.15, 0.2) is 33.7 Å². The molecule has 0 spiro atoms. The Balaban J connectivity index is 1.30. The molecule has 3 rings (SSSR count). The SMILES string of the molecule is CN=C(NCCOc1ccc(C)cc1)NCC1CCN(Cc2nc(C)c(C)o2)CC1. The maximum atomic E-state index is 5.76. The van der Waals surface area contributed by atoms with E-state index in [1.165, 1.54) is 18.4 Å². The van der Waals surface area contributed by atoms with E-state index in [1.807, 2.05) is 26.0 Å². The fourth-order valence-electron chi connectivity index (χ4n) is 3.58. The Hall–Kier alpha value is -2.54. The molecule has 7 heteroatoms. The molecule has 1 aliphatic heterocycles. The van der Waals surface area contributed by atoms with Crippen LogP contribution in [0.3, 0.4) is 0 Å². The Morgan fingerprint density at radius 3 is 2.53 bits per heavy atom. The molecule has 2 aromatic rings. The van der Waals surface area contributed by atoms with Crippen molar-refractivity contribution in [2.75, 3.05) is 39.8 Å². The molecule has 0 saturated carbocycles. The third-order valence-corrected chi connectivity index (χ3v) is 5.60. The zero-order valence-corrected chi connectivity index (χ0v) is 18.7. The molecule has 2 heterocycles. The van der Waals surface area contributed by atoms with Crippen molar-refractivity contribution in [3.8, 4) is 5.75 Å². The average molecular weight is 414 g/mol. The third kappa shape index (κ3) is 6.76. The average Bonchev–Trinajstić information content (AvgIpc) is 3.06. The van der Waals surface area contributed by atoms with Crippen LogP contribution >= 0.6 is 0 Å². The predicted molar refractivity (Wildman–Crippen MR) is 120 cm³/mol. The number of nitrogens with one attached hydrogen (secondary N) is 2. The molecule has 0 bridgehead atoms. The molecular weight excluding hydrogens is 378 g/mol. The number of piperidine rings is 1. The van der Waals surface area contributed by atoms with Gasteiger partial charge in [-0.15, -0.1) is 0 Å². The summed E-state index contributed by atoms with van der Waals surface area (Å²) < 4.78 is 11.5. The highest BCUT2D eigenvalue weighted by molar-refractivity contribution is 5.79. The largest absolute Gasteiger partial charge is 0.492 e. The second kappa shape index (κ2) is 11.0. The van der Waals surface area contributed by atoms with Gasteiger partial charge >= 0.3 is 0 Å². The van der Waals surface area contributed by atoms with Gasteiger partial charge in [-0.1, -0.05) is 17.7 Å². The molecule has 1 fully saturated rings. The zero-order chi connectivity index (χ0) is 21.3. The first-order valence-electron chi connectivity index (χ1n) is 10.8. The minimum Gasteiger partial charge on any atom is -0.492 e. The molecule has 1 aromatic heterocycles. The van der Waals surface area contributed by atoms with E-state index in [4.69, 9.17) is 9.15 Å². The van der Waals surface area contributed by atoms with Crippen LogP contribution in [0.1, 0.15) is 35.7 Å². The smallest absolute Gasteiger partial charge is 0.208 e. The molecule has 7 nitrogen and oxygen atoms in total. The van der Waals surface area contributed by atoms with Gasteiger partial charge in [0.05, 0.1) is 18.8 Å². The lowest BCUT2D eigenvalue weighted by Gasteiger charge is -2.31. The van der Waals surface area contributed by atoms with Crippen LogP contribution in [-0.4, -0.2) is 55.7 Å². The van der Waals surface area contributed by atoms with Crippen LogP contribution in [-0.2, 0) is 6.54 Å². The van der Waals surface area contributed by atoms with Gasteiger partial charge in [-0.05, 0) is 64.8 Å². The number of rotatable bonds is 8.